The predicted molar refractivity (Wildman–Crippen MR) is 85.3 cm³/mol. The number of nitrogen functional groups attached to an aromatic ring is 1. The summed E-state index contributed by atoms with van der Waals surface area (Å²) >= 11 is 0. The number of non-ortho nitro benzene ring substituents is 1. The summed E-state index contributed by atoms with van der Waals surface area (Å²) in [5, 5.41) is 13.6. The summed E-state index contributed by atoms with van der Waals surface area (Å²) in [6.07, 6.45) is 0. The molecule has 0 fully saturated rings. The van der Waals surface area contributed by atoms with Gasteiger partial charge in [-0.05, 0) is 6.07 Å². The van der Waals surface area contributed by atoms with E-state index in [-0.39, 0.29) is 23.5 Å². The minimum Gasteiger partial charge on any atom is -0.397 e. The molecule has 128 valence electrons. The molecule has 0 heterocycles. The van der Waals surface area contributed by atoms with Crippen LogP contribution in [-0.4, -0.2) is 11.5 Å². The standard InChI is InChI=1S/C16H16F3N3O2/c1-16(2,15-11(18)5-9(17)6-12(15)19)8-21-14-4-3-10(22(23)24)7-13(14)20/h3-7,21H,8,20H2,1-2H3. The predicted octanol–water partition coefficient (Wildman–Crippen LogP) is 3.98. The van der Waals surface area contributed by atoms with Crippen molar-refractivity contribution < 1.29 is 18.1 Å². The molecule has 0 aliphatic rings. The van der Waals surface area contributed by atoms with Crippen molar-refractivity contribution in [2.24, 2.45) is 0 Å². The van der Waals surface area contributed by atoms with Crippen LogP contribution in [-0.2, 0) is 5.41 Å². The van der Waals surface area contributed by atoms with Gasteiger partial charge in [0, 0.05) is 41.8 Å². The molecule has 0 aromatic heterocycles. The molecule has 0 spiro atoms. The molecule has 8 heteroatoms. The Hall–Kier alpha value is -2.77. The highest BCUT2D eigenvalue weighted by Gasteiger charge is 2.29. The van der Waals surface area contributed by atoms with Crippen LogP contribution in [0, 0.1) is 27.6 Å². The van der Waals surface area contributed by atoms with Gasteiger partial charge in [0.2, 0.25) is 0 Å². The number of nitro groups is 1. The van der Waals surface area contributed by atoms with Crippen LogP contribution >= 0.6 is 0 Å². The van der Waals surface area contributed by atoms with E-state index in [1.165, 1.54) is 18.2 Å². The first-order valence-corrected chi connectivity index (χ1v) is 7.04. The monoisotopic (exact) mass is 339 g/mol. The van der Waals surface area contributed by atoms with Crippen LogP contribution in [0.15, 0.2) is 30.3 Å². The van der Waals surface area contributed by atoms with Gasteiger partial charge in [-0.1, -0.05) is 13.8 Å². The first-order chi connectivity index (χ1) is 11.1. The topological polar surface area (TPSA) is 81.2 Å². The minimum absolute atomic E-state index is 0.0779. The van der Waals surface area contributed by atoms with Gasteiger partial charge in [-0.2, -0.15) is 0 Å². The number of rotatable bonds is 5. The molecule has 0 atom stereocenters. The van der Waals surface area contributed by atoms with Crippen molar-refractivity contribution in [2.45, 2.75) is 19.3 Å². The summed E-state index contributed by atoms with van der Waals surface area (Å²) in [5.41, 5.74) is 4.85. The van der Waals surface area contributed by atoms with E-state index in [1.54, 1.807) is 13.8 Å². The zero-order valence-corrected chi connectivity index (χ0v) is 13.1. The SMILES string of the molecule is CC(C)(CNc1ccc([N+](=O)[O-])cc1N)c1c(F)cc(F)cc1F. The molecule has 0 radical (unpaired) electrons. The van der Waals surface area contributed by atoms with Crippen molar-refractivity contribution in [3.8, 4) is 0 Å². The summed E-state index contributed by atoms with van der Waals surface area (Å²) in [7, 11) is 0. The lowest BCUT2D eigenvalue weighted by Crippen LogP contribution is -2.30. The number of nitrogens with zero attached hydrogens (tertiary/aromatic N) is 1. The normalized spacial score (nSPS) is 11.4. The van der Waals surface area contributed by atoms with Gasteiger partial charge in [-0.3, -0.25) is 10.1 Å². The second-order valence-corrected chi connectivity index (χ2v) is 6.01. The average molecular weight is 339 g/mol. The Morgan fingerprint density at radius 2 is 1.75 bits per heavy atom. The zero-order valence-electron chi connectivity index (χ0n) is 13.1. The molecule has 3 N–H and O–H groups in total. The van der Waals surface area contributed by atoms with Crippen LogP contribution in [0.2, 0.25) is 0 Å². The average Bonchev–Trinajstić information content (AvgIpc) is 2.44. The lowest BCUT2D eigenvalue weighted by molar-refractivity contribution is -0.384. The summed E-state index contributed by atoms with van der Waals surface area (Å²) in [6.45, 7) is 3.25. The van der Waals surface area contributed by atoms with Crippen molar-refractivity contribution in [2.75, 3.05) is 17.6 Å². The van der Waals surface area contributed by atoms with E-state index >= 15 is 0 Å². The van der Waals surface area contributed by atoms with Gasteiger partial charge in [0.05, 0.1) is 16.3 Å². The van der Waals surface area contributed by atoms with Gasteiger partial charge in [-0.15, -0.1) is 0 Å². The summed E-state index contributed by atoms with van der Waals surface area (Å²) in [6, 6.07) is 5.13. The van der Waals surface area contributed by atoms with Crippen molar-refractivity contribution in [3.63, 3.8) is 0 Å². The number of hydrogen-bond acceptors (Lipinski definition) is 4. The van der Waals surface area contributed by atoms with Crippen molar-refractivity contribution >= 4 is 17.1 Å². The van der Waals surface area contributed by atoms with E-state index in [0.717, 1.165) is 0 Å². The molecule has 0 amide bonds. The lowest BCUT2D eigenvalue weighted by Gasteiger charge is -2.27. The molecule has 0 aliphatic carbocycles. The number of nitrogens with one attached hydrogen (secondary N) is 1. The quantitative estimate of drug-likeness (QED) is 0.490. The first kappa shape index (κ1) is 17.6. The van der Waals surface area contributed by atoms with Gasteiger partial charge in [0.25, 0.3) is 5.69 Å². The van der Waals surface area contributed by atoms with Crippen LogP contribution in [0.1, 0.15) is 19.4 Å². The first-order valence-electron chi connectivity index (χ1n) is 7.04. The summed E-state index contributed by atoms with van der Waals surface area (Å²) < 4.78 is 40.9. The van der Waals surface area contributed by atoms with Crippen molar-refractivity contribution in [3.05, 3.63) is 63.5 Å². The van der Waals surface area contributed by atoms with Gasteiger partial charge in [-0.25, -0.2) is 13.2 Å². The molecule has 2 rings (SSSR count). The fourth-order valence-electron chi connectivity index (χ4n) is 2.42. The number of halogens is 3. The maximum atomic E-state index is 13.9. The fourth-order valence-corrected chi connectivity index (χ4v) is 2.42. The maximum Gasteiger partial charge on any atom is 0.271 e. The third kappa shape index (κ3) is 3.58. The minimum atomic E-state index is -1.02. The van der Waals surface area contributed by atoms with E-state index in [2.05, 4.69) is 5.32 Å². The number of nitro benzene ring substituents is 1. The molecular formula is C16H16F3N3O2. The molecule has 0 unspecified atom stereocenters. The molecule has 24 heavy (non-hydrogen) atoms. The Morgan fingerprint density at radius 3 is 2.25 bits per heavy atom. The highest BCUT2D eigenvalue weighted by Crippen LogP contribution is 2.31. The van der Waals surface area contributed by atoms with Crippen molar-refractivity contribution in [1.29, 1.82) is 0 Å². The molecule has 2 aromatic rings. The van der Waals surface area contributed by atoms with Gasteiger partial charge in [0.15, 0.2) is 0 Å². The van der Waals surface area contributed by atoms with E-state index in [1.807, 2.05) is 0 Å². The number of benzene rings is 2. The smallest absolute Gasteiger partial charge is 0.271 e. The van der Waals surface area contributed by atoms with E-state index in [0.29, 0.717) is 17.8 Å². The van der Waals surface area contributed by atoms with Crippen LogP contribution in [0.25, 0.3) is 0 Å². The van der Waals surface area contributed by atoms with Gasteiger partial charge < -0.3 is 11.1 Å². The van der Waals surface area contributed by atoms with E-state index in [9.17, 15) is 23.3 Å². The maximum absolute atomic E-state index is 13.9. The molecule has 0 saturated carbocycles. The molecule has 0 saturated heterocycles. The van der Waals surface area contributed by atoms with Crippen LogP contribution < -0.4 is 11.1 Å². The Labute approximate surface area is 136 Å². The van der Waals surface area contributed by atoms with Crippen molar-refractivity contribution in [1.82, 2.24) is 0 Å². The molecule has 2 aromatic carbocycles. The van der Waals surface area contributed by atoms with Gasteiger partial charge in [0.1, 0.15) is 17.5 Å². The Balaban J connectivity index is 2.23. The second-order valence-electron chi connectivity index (χ2n) is 6.01. The highest BCUT2D eigenvalue weighted by atomic mass is 19.1. The highest BCUT2D eigenvalue weighted by molar-refractivity contribution is 5.69. The third-order valence-corrected chi connectivity index (χ3v) is 3.65. The van der Waals surface area contributed by atoms with E-state index < -0.39 is 27.8 Å². The number of anilines is 2. The fraction of sp³-hybridized carbons (Fsp3) is 0.250. The zero-order chi connectivity index (χ0) is 18.1. The Morgan fingerprint density at radius 1 is 1.17 bits per heavy atom. The van der Waals surface area contributed by atoms with Gasteiger partial charge >= 0.3 is 0 Å². The van der Waals surface area contributed by atoms with Crippen LogP contribution in [0.4, 0.5) is 30.2 Å². The molecule has 5 nitrogen and oxygen atoms in total. The number of hydrogen-bond donors (Lipinski definition) is 2. The Bertz CT molecular complexity index is 771. The Kier molecular flexibility index (Phi) is 4.68. The molecular weight excluding hydrogens is 323 g/mol. The van der Waals surface area contributed by atoms with Crippen LogP contribution in [0.3, 0.4) is 0 Å². The summed E-state index contributed by atoms with van der Waals surface area (Å²) in [4.78, 5) is 10.1. The van der Waals surface area contributed by atoms with Crippen LogP contribution in [0.5, 0.6) is 0 Å². The second kappa shape index (κ2) is 6.38. The molecule has 0 bridgehead atoms. The number of nitrogens with two attached hydrogens (primary N) is 1. The lowest BCUT2D eigenvalue weighted by atomic mass is 9.83. The largest absolute Gasteiger partial charge is 0.397 e. The van der Waals surface area contributed by atoms with E-state index in [4.69, 9.17) is 5.73 Å². The molecule has 0 aliphatic heterocycles. The summed E-state index contributed by atoms with van der Waals surface area (Å²) in [5.74, 6) is -2.94. The third-order valence-electron chi connectivity index (χ3n) is 3.65.